The summed E-state index contributed by atoms with van der Waals surface area (Å²) in [5.41, 5.74) is 5.51. The van der Waals surface area contributed by atoms with E-state index < -0.39 is 75.4 Å². The lowest BCUT2D eigenvalue weighted by molar-refractivity contribution is -0.166. The number of aromatic nitrogens is 2. The number of hydrogen-bond donors (Lipinski definition) is 1. The Bertz CT molecular complexity index is 897. The predicted molar refractivity (Wildman–Crippen MR) is 98.6 cm³/mol. The van der Waals surface area contributed by atoms with Gasteiger partial charge in [0.25, 0.3) is 0 Å². The van der Waals surface area contributed by atoms with Crippen molar-refractivity contribution in [3.8, 4) is 0 Å². The number of nitrogen functional groups attached to an aromatic ring is 1. The largest absolute Gasteiger partial charge is 0.463 e. The Hall–Kier alpha value is -2.95. The second kappa shape index (κ2) is 9.50. The number of ether oxygens (including phenoxy) is 4. The van der Waals surface area contributed by atoms with Gasteiger partial charge in [0.15, 0.2) is 18.4 Å². The average molecular weight is 414 g/mol. The van der Waals surface area contributed by atoms with E-state index in [0.717, 1.165) is 4.57 Å². The highest BCUT2D eigenvalue weighted by atomic mass is 16.7. The number of anilines is 1. The highest BCUT2D eigenvalue weighted by molar-refractivity contribution is 5.68. The van der Waals surface area contributed by atoms with E-state index in [-0.39, 0.29) is 5.82 Å². The standard InChI is InChI=1S/C18H25N3O8/c1-5-6-12-7-21(18(25)20-16(12)19)17-15(28-11(4)24)14(27-10(3)23)13(29-17)8-26-9(2)22/h7,13-15,17H,5-6,8H2,1-4H3,(H2,19,20,25)/t13-,14+,15-,17?/m1/s1/i2D,3D,4D. The summed E-state index contributed by atoms with van der Waals surface area (Å²) in [5, 5.41) is 0. The minimum absolute atomic E-state index is 0.0314. The highest BCUT2D eigenvalue weighted by Crippen LogP contribution is 2.34. The van der Waals surface area contributed by atoms with Gasteiger partial charge in [0, 0.05) is 36.6 Å². The maximum Gasteiger partial charge on any atom is 0.351 e. The molecule has 1 aromatic heterocycles. The van der Waals surface area contributed by atoms with Gasteiger partial charge in [0.2, 0.25) is 0 Å². The molecule has 1 fully saturated rings. The fourth-order valence-electron chi connectivity index (χ4n) is 2.98. The van der Waals surface area contributed by atoms with Crippen molar-refractivity contribution in [1.82, 2.24) is 9.55 Å². The summed E-state index contributed by atoms with van der Waals surface area (Å²) >= 11 is 0. The Morgan fingerprint density at radius 3 is 2.48 bits per heavy atom. The van der Waals surface area contributed by atoms with Gasteiger partial charge in [-0.15, -0.1) is 0 Å². The lowest BCUT2D eigenvalue weighted by atomic mass is 10.1. The van der Waals surface area contributed by atoms with Crippen LogP contribution in [0.3, 0.4) is 0 Å². The van der Waals surface area contributed by atoms with Gasteiger partial charge in [-0.1, -0.05) is 13.3 Å². The molecule has 4 atom stereocenters. The topological polar surface area (TPSA) is 149 Å². The van der Waals surface area contributed by atoms with Crippen molar-refractivity contribution in [3.63, 3.8) is 0 Å². The van der Waals surface area contributed by atoms with Crippen LogP contribution in [0.5, 0.6) is 0 Å². The van der Waals surface area contributed by atoms with E-state index in [1.165, 1.54) is 6.20 Å². The van der Waals surface area contributed by atoms with Crippen molar-refractivity contribution in [2.24, 2.45) is 0 Å². The SMILES string of the molecule is [2H]CC(=O)OC[C@H]1OC(n2cc(CCC)c(N)nc2=O)[C@H](OC(=O)C[2H])[C@H]1OC(=O)C[2H]. The first-order valence-corrected chi connectivity index (χ1v) is 8.70. The molecule has 0 aromatic carbocycles. The summed E-state index contributed by atoms with van der Waals surface area (Å²) < 4.78 is 43.6. The fraction of sp³-hybridized carbons (Fsp3) is 0.611. The fourth-order valence-corrected chi connectivity index (χ4v) is 2.98. The number of rotatable bonds is 7. The third kappa shape index (κ3) is 5.53. The van der Waals surface area contributed by atoms with E-state index in [1.54, 1.807) is 0 Å². The predicted octanol–water partition coefficient (Wildman–Crippen LogP) is 0.102. The maximum absolute atomic E-state index is 12.6. The Morgan fingerprint density at radius 2 is 1.86 bits per heavy atom. The van der Waals surface area contributed by atoms with Gasteiger partial charge in [-0.2, -0.15) is 4.98 Å². The third-order valence-electron chi connectivity index (χ3n) is 4.08. The van der Waals surface area contributed by atoms with Gasteiger partial charge in [0.05, 0.1) is 0 Å². The lowest BCUT2D eigenvalue weighted by Gasteiger charge is -2.24. The molecule has 2 N–H and O–H groups in total. The molecule has 1 aromatic rings. The molecule has 1 saturated heterocycles. The molecule has 0 aliphatic carbocycles. The van der Waals surface area contributed by atoms with E-state index in [4.69, 9.17) is 28.8 Å². The van der Waals surface area contributed by atoms with E-state index in [1.807, 2.05) is 6.92 Å². The molecule has 2 rings (SSSR count). The van der Waals surface area contributed by atoms with Crippen molar-refractivity contribution >= 4 is 23.7 Å². The van der Waals surface area contributed by atoms with Crippen molar-refractivity contribution in [2.45, 2.75) is 65.0 Å². The van der Waals surface area contributed by atoms with Crippen LogP contribution in [-0.2, 0) is 39.8 Å². The minimum atomic E-state index is -1.40. The molecular formula is C18H25N3O8. The Labute approximate surface area is 171 Å². The maximum atomic E-state index is 12.6. The number of nitrogens with two attached hydrogens (primary N) is 1. The molecule has 1 aliphatic heterocycles. The van der Waals surface area contributed by atoms with Gasteiger partial charge in [0.1, 0.15) is 18.5 Å². The van der Waals surface area contributed by atoms with Crippen LogP contribution in [0.1, 0.15) is 49.9 Å². The molecular weight excluding hydrogens is 386 g/mol. The summed E-state index contributed by atoms with van der Waals surface area (Å²) in [6.07, 6.45) is -2.71. The van der Waals surface area contributed by atoms with Gasteiger partial charge < -0.3 is 24.7 Å². The molecule has 0 amide bonds. The zero-order valence-corrected chi connectivity index (χ0v) is 15.9. The van der Waals surface area contributed by atoms with Crippen molar-refractivity contribution < 1.29 is 37.4 Å². The zero-order valence-electron chi connectivity index (χ0n) is 18.9. The van der Waals surface area contributed by atoms with Gasteiger partial charge >= 0.3 is 23.6 Å². The average Bonchev–Trinajstić information content (AvgIpc) is 3.10. The summed E-state index contributed by atoms with van der Waals surface area (Å²) in [5.74, 6) is -2.80. The van der Waals surface area contributed by atoms with Crippen LogP contribution in [0, 0.1) is 0 Å². The summed E-state index contributed by atoms with van der Waals surface area (Å²) in [6.45, 7) is -0.739. The van der Waals surface area contributed by atoms with Crippen LogP contribution < -0.4 is 11.4 Å². The van der Waals surface area contributed by atoms with E-state index in [0.29, 0.717) is 18.4 Å². The molecule has 11 nitrogen and oxygen atoms in total. The van der Waals surface area contributed by atoms with Crippen LogP contribution >= 0.6 is 0 Å². The first kappa shape index (κ1) is 18.1. The van der Waals surface area contributed by atoms with E-state index >= 15 is 0 Å². The zero-order chi connectivity index (χ0) is 23.8. The van der Waals surface area contributed by atoms with Crippen LogP contribution in [0.15, 0.2) is 11.0 Å². The van der Waals surface area contributed by atoms with Crippen molar-refractivity contribution in [3.05, 3.63) is 22.2 Å². The highest BCUT2D eigenvalue weighted by Gasteiger charge is 2.51. The van der Waals surface area contributed by atoms with Gasteiger partial charge in [-0.25, -0.2) is 4.79 Å². The molecule has 11 heteroatoms. The van der Waals surface area contributed by atoms with Gasteiger partial charge in [-0.3, -0.25) is 19.0 Å². The first-order valence-electron chi connectivity index (χ1n) is 10.8. The quantitative estimate of drug-likeness (QED) is 0.481. The first-order chi connectivity index (χ1) is 15.2. The molecule has 1 unspecified atom stereocenters. The number of hydrogen-bond acceptors (Lipinski definition) is 10. The number of esters is 3. The Balaban J connectivity index is 2.49. The number of carbonyl (C=O) groups excluding carboxylic acids is 3. The molecule has 1 aliphatic rings. The molecule has 0 bridgehead atoms. The summed E-state index contributed by atoms with van der Waals surface area (Å²) in [6, 6.07) is 0. The number of nitrogens with zero attached hydrogens (tertiary/aromatic N) is 2. The summed E-state index contributed by atoms with van der Waals surface area (Å²) in [7, 11) is 0. The monoisotopic (exact) mass is 414 g/mol. The molecule has 0 spiro atoms. The normalized spacial score (nSPS) is 24.8. The van der Waals surface area contributed by atoms with Crippen molar-refractivity contribution in [2.75, 3.05) is 12.3 Å². The molecule has 0 radical (unpaired) electrons. The molecule has 160 valence electrons. The number of carbonyl (C=O) groups is 3. The van der Waals surface area contributed by atoms with Crippen LogP contribution in [0.25, 0.3) is 0 Å². The second-order valence-electron chi connectivity index (χ2n) is 6.25. The molecule has 2 heterocycles. The Morgan fingerprint density at radius 1 is 1.21 bits per heavy atom. The molecule has 29 heavy (non-hydrogen) atoms. The smallest absolute Gasteiger partial charge is 0.351 e. The van der Waals surface area contributed by atoms with Crippen LogP contribution in [0.4, 0.5) is 5.82 Å². The van der Waals surface area contributed by atoms with Crippen LogP contribution in [0.2, 0.25) is 0 Å². The van der Waals surface area contributed by atoms with Crippen molar-refractivity contribution in [1.29, 1.82) is 0 Å². The van der Waals surface area contributed by atoms with E-state index in [2.05, 4.69) is 4.98 Å². The Kier molecular flexibility index (Phi) is 5.93. The minimum Gasteiger partial charge on any atom is -0.463 e. The lowest BCUT2D eigenvalue weighted by Crippen LogP contribution is -2.42. The second-order valence-corrected chi connectivity index (χ2v) is 6.25. The number of aryl methyl sites for hydroxylation is 1. The molecule has 0 saturated carbocycles. The van der Waals surface area contributed by atoms with Crippen LogP contribution in [-0.4, -0.2) is 52.4 Å². The third-order valence-corrected chi connectivity index (χ3v) is 4.08. The summed E-state index contributed by atoms with van der Waals surface area (Å²) in [4.78, 5) is 51.5. The van der Waals surface area contributed by atoms with E-state index in [9.17, 15) is 19.2 Å². The van der Waals surface area contributed by atoms with Gasteiger partial charge in [-0.05, 0) is 6.42 Å².